The van der Waals surface area contributed by atoms with Crippen molar-refractivity contribution in [3.63, 3.8) is 0 Å². The van der Waals surface area contributed by atoms with Crippen LogP contribution in [-0.2, 0) is 4.79 Å². The maximum absolute atomic E-state index is 11.9. The number of benzene rings is 2. The highest BCUT2D eigenvalue weighted by molar-refractivity contribution is 6.06. The molecule has 0 unspecified atom stereocenters. The van der Waals surface area contributed by atoms with E-state index in [-0.39, 0.29) is 17.2 Å². The SMILES string of the molecule is Cc1ccc(NC(=O)C=Cc2ccccc2)c(C(=O)O)c1. The molecule has 0 heterocycles. The number of rotatable bonds is 4. The summed E-state index contributed by atoms with van der Waals surface area (Å²) in [4.78, 5) is 23.0. The predicted molar refractivity (Wildman–Crippen MR) is 82.2 cm³/mol. The highest BCUT2D eigenvalue weighted by Gasteiger charge is 2.11. The van der Waals surface area contributed by atoms with Crippen LogP contribution in [0.5, 0.6) is 0 Å². The monoisotopic (exact) mass is 281 g/mol. The van der Waals surface area contributed by atoms with Crippen LogP contribution < -0.4 is 5.32 Å². The van der Waals surface area contributed by atoms with Gasteiger partial charge in [-0.15, -0.1) is 0 Å². The average Bonchev–Trinajstić information content (AvgIpc) is 2.48. The Morgan fingerprint density at radius 1 is 1.10 bits per heavy atom. The quantitative estimate of drug-likeness (QED) is 0.845. The maximum Gasteiger partial charge on any atom is 0.337 e. The van der Waals surface area contributed by atoms with Gasteiger partial charge in [-0.3, -0.25) is 4.79 Å². The Hall–Kier alpha value is -2.88. The number of amides is 1. The number of aryl methyl sites for hydroxylation is 1. The molecule has 106 valence electrons. The third kappa shape index (κ3) is 4.04. The lowest BCUT2D eigenvalue weighted by Crippen LogP contribution is -2.12. The minimum atomic E-state index is -1.07. The number of carboxylic acids is 1. The summed E-state index contributed by atoms with van der Waals surface area (Å²) in [5.41, 5.74) is 2.09. The first-order valence-electron chi connectivity index (χ1n) is 6.44. The minimum absolute atomic E-state index is 0.0801. The van der Waals surface area contributed by atoms with Gasteiger partial charge in [0, 0.05) is 6.08 Å². The zero-order valence-corrected chi connectivity index (χ0v) is 11.5. The highest BCUT2D eigenvalue weighted by atomic mass is 16.4. The van der Waals surface area contributed by atoms with E-state index < -0.39 is 5.97 Å². The molecule has 0 aliphatic heterocycles. The van der Waals surface area contributed by atoms with Crippen LogP contribution >= 0.6 is 0 Å². The summed E-state index contributed by atoms with van der Waals surface area (Å²) in [7, 11) is 0. The molecule has 0 saturated heterocycles. The molecule has 0 spiro atoms. The first kappa shape index (κ1) is 14.5. The molecule has 0 fully saturated rings. The van der Waals surface area contributed by atoms with Gasteiger partial charge in [0.2, 0.25) is 5.91 Å². The van der Waals surface area contributed by atoms with Gasteiger partial charge in [0.15, 0.2) is 0 Å². The lowest BCUT2D eigenvalue weighted by molar-refractivity contribution is -0.111. The fourth-order valence-electron chi connectivity index (χ4n) is 1.85. The fraction of sp³-hybridized carbons (Fsp3) is 0.0588. The van der Waals surface area contributed by atoms with E-state index in [0.29, 0.717) is 0 Å². The van der Waals surface area contributed by atoms with Crippen LogP contribution in [0, 0.1) is 6.92 Å². The number of hydrogen-bond acceptors (Lipinski definition) is 2. The molecule has 0 aliphatic carbocycles. The molecule has 2 aromatic carbocycles. The lowest BCUT2D eigenvalue weighted by atomic mass is 10.1. The van der Waals surface area contributed by atoms with E-state index in [1.807, 2.05) is 30.3 Å². The predicted octanol–water partition coefficient (Wildman–Crippen LogP) is 3.35. The molecular weight excluding hydrogens is 266 g/mol. The number of hydrogen-bond donors (Lipinski definition) is 2. The van der Waals surface area contributed by atoms with Crippen molar-refractivity contribution in [2.75, 3.05) is 5.32 Å². The third-order valence-corrected chi connectivity index (χ3v) is 2.89. The number of anilines is 1. The summed E-state index contributed by atoms with van der Waals surface area (Å²) in [5, 5.41) is 11.7. The summed E-state index contributed by atoms with van der Waals surface area (Å²) < 4.78 is 0. The molecule has 0 saturated carbocycles. The second-order valence-electron chi connectivity index (χ2n) is 4.59. The van der Waals surface area contributed by atoms with Gasteiger partial charge in [-0.25, -0.2) is 4.79 Å². The molecule has 0 bridgehead atoms. The van der Waals surface area contributed by atoms with E-state index in [1.54, 1.807) is 25.1 Å². The molecule has 2 N–H and O–H groups in total. The Morgan fingerprint density at radius 3 is 2.48 bits per heavy atom. The number of aromatic carboxylic acids is 1. The van der Waals surface area contributed by atoms with Crippen LogP contribution in [0.2, 0.25) is 0 Å². The van der Waals surface area contributed by atoms with Crippen molar-refractivity contribution < 1.29 is 14.7 Å². The molecule has 4 nitrogen and oxygen atoms in total. The Labute approximate surface area is 122 Å². The standard InChI is InChI=1S/C17H15NO3/c1-12-7-9-15(14(11-12)17(20)21)18-16(19)10-8-13-5-3-2-4-6-13/h2-11H,1H3,(H,18,19)(H,20,21). The fourth-order valence-corrected chi connectivity index (χ4v) is 1.85. The Bertz CT molecular complexity index is 690. The highest BCUT2D eigenvalue weighted by Crippen LogP contribution is 2.17. The number of carbonyl (C=O) groups is 2. The van der Waals surface area contributed by atoms with E-state index in [2.05, 4.69) is 5.32 Å². The number of carboxylic acid groups (broad SMARTS) is 1. The largest absolute Gasteiger partial charge is 0.478 e. The molecule has 0 aromatic heterocycles. The zero-order chi connectivity index (χ0) is 15.2. The van der Waals surface area contributed by atoms with E-state index >= 15 is 0 Å². The Morgan fingerprint density at radius 2 is 1.81 bits per heavy atom. The molecule has 0 radical (unpaired) electrons. The van der Waals surface area contributed by atoms with Crippen LogP contribution in [0.1, 0.15) is 21.5 Å². The van der Waals surface area contributed by atoms with Crippen LogP contribution in [-0.4, -0.2) is 17.0 Å². The molecule has 0 aliphatic rings. The van der Waals surface area contributed by atoms with Crippen molar-refractivity contribution in [1.82, 2.24) is 0 Å². The summed E-state index contributed by atoms with van der Waals surface area (Å²) in [6.45, 7) is 1.80. The van der Waals surface area contributed by atoms with Crippen molar-refractivity contribution in [2.45, 2.75) is 6.92 Å². The minimum Gasteiger partial charge on any atom is -0.478 e. The Balaban J connectivity index is 2.13. The van der Waals surface area contributed by atoms with Gasteiger partial charge in [-0.1, -0.05) is 42.0 Å². The van der Waals surface area contributed by atoms with Crippen molar-refractivity contribution >= 4 is 23.6 Å². The smallest absolute Gasteiger partial charge is 0.337 e. The number of nitrogens with one attached hydrogen (secondary N) is 1. The normalized spacial score (nSPS) is 10.5. The number of carbonyl (C=O) groups excluding carboxylic acids is 1. The van der Waals surface area contributed by atoms with Crippen molar-refractivity contribution in [1.29, 1.82) is 0 Å². The second kappa shape index (κ2) is 6.52. The first-order valence-corrected chi connectivity index (χ1v) is 6.44. The Kier molecular flexibility index (Phi) is 4.51. The molecule has 21 heavy (non-hydrogen) atoms. The second-order valence-corrected chi connectivity index (χ2v) is 4.59. The maximum atomic E-state index is 11.9. The van der Waals surface area contributed by atoms with Crippen molar-refractivity contribution in [2.24, 2.45) is 0 Å². The lowest BCUT2D eigenvalue weighted by Gasteiger charge is -2.07. The first-order chi connectivity index (χ1) is 10.1. The van der Waals surface area contributed by atoms with E-state index in [9.17, 15) is 9.59 Å². The van der Waals surface area contributed by atoms with Gasteiger partial charge in [0.1, 0.15) is 0 Å². The van der Waals surface area contributed by atoms with E-state index in [4.69, 9.17) is 5.11 Å². The summed E-state index contributed by atoms with van der Waals surface area (Å²) >= 11 is 0. The van der Waals surface area contributed by atoms with Gasteiger partial charge < -0.3 is 10.4 Å². The topological polar surface area (TPSA) is 66.4 Å². The summed E-state index contributed by atoms with van der Waals surface area (Å²) in [6, 6.07) is 14.3. The molecule has 4 heteroatoms. The van der Waals surface area contributed by atoms with Crippen molar-refractivity contribution in [3.05, 3.63) is 71.3 Å². The summed E-state index contributed by atoms with van der Waals surface area (Å²) in [5.74, 6) is -1.44. The zero-order valence-electron chi connectivity index (χ0n) is 11.5. The molecule has 2 aromatic rings. The van der Waals surface area contributed by atoms with Gasteiger partial charge in [0.05, 0.1) is 11.3 Å². The summed E-state index contributed by atoms with van der Waals surface area (Å²) in [6.07, 6.45) is 3.05. The van der Waals surface area contributed by atoms with Gasteiger partial charge in [-0.05, 0) is 30.7 Å². The van der Waals surface area contributed by atoms with E-state index in [1.165, 1.54) is 12.1 Å². The molecule has 0 atom stereocenters. The molecule has 2 rings (SSSR count). The molecular formula is C17H15NO3. The van der Waals surface area contributed by atoms with Gasteiger partial charge in [-0.2, -0.15) is 0 Å². The van der Waals surface area contributed by atoms with Crippen LogP contribution in [0.3, 0.4) is 0 Å². The van der Waals surface area contributed by atoms with Crippen LogP contribution in [0.4, 0.5) is 5.69 Å². The van der Waals surface area contributed by atoms with E-state index in [0.717, 1.165) is 11.1 Å². The van der Waals surface area contributed by atoms with Crippen LogP contribution in [0.15, 0.2) is 54.6 Å². The third-order valence-electron chi connectivity index (χ3n) is 2.89. The van der Waals surface area contributed by atoms with Crippen LogP contribution in [0.25, 0.3) is 6.08 Å². The van der Waals surface area contributed by atoms with Crippen molar-refractivity contribution in [3.8, 4) is 0 Å². The van der Waals surface area contributed by atoms with Gasteiger partial charge in [0.25, 0.3) is 0 Å². The van der Waals surface area contributed by atoms with Gasteiger partial charge >= 0.3 is 5.97 Å². The molecule has 1 amide bonds. The average molecular weight is 281 g/mol.